The van der Waals surface area contributed by atoms with Crippen molar-refractivity contribution in [1.82, 2.24) is 0 Å². The second kappa shape index (κ2) is 11.2. The van der Waals surface area contributed by atoms with Gasteiger partial charge in [-0.2, -0.15) is 13.2 Å². The Kier molecular flexibility index (Phi) is 9.77. The summed E-state index contributed by atoms with van der Waals surface area (Å²) in [6, 6.07) is 0. The minimum absolute atomic E-state index is 0.181. The van der Waals surface area contributed by atoms with Gasteiger partial charge in [0.15, 0.2) is 5.60 Å². The Bertz CT molecular complexity index is 689. The molecule has 200 valence electrons. The molecule has 0 aliphatic heterocycles. The Morgan fingerprint density at radius 1 is 1.00 bits per heavy atom. The first-order chi connectivity index (χ1) is 15.9. The lowest BCUT2D eigenvalue weighted by Gasteiger charge is -2.58. The van der Waals surface area contributed by atoms with E-state index in [1.54, 1.807) is 0 Å². The van der Waals surface area contributed by atoms with Crippen molar-refractivity contribution in [2.75, 3.05) is 7.11 Å². The summed E-state index contributed by atoms with van der Waals surface area (Å²) >= 11 is 0. The molecule has 34 heavy (non-hydrogen) atoms. The van der Waals surface area contributed by atoms with E-state index >= 15 is 0 Å². The SMILES string of the molecule is CC.CC12CCC(O)CC1=CCC1C2CCC2(C)C(CCC[C@@](C)(O)C(F)(F)F)CCC12.CO. The fourth-order valence-corrected chi connectivity index (χ4v) is 8.06. The van der Waals surface area contributed by atoms with Crippen LogP contribution in [0.5, 0.6) is 0 Å². The van der Waals surface area contributed by atoms with Crippen LogP contribution >= 0.6 is 0 Å². The van der Waals surface area contributed by atoms with Crippen LogP contribution in [0.2, 0.25) is 0 Å². The van der Waals surface area contributed by atoms with E-state index in [1.807, 2.05) is 13.8 Å². The smallest absolute Gasteiger partial charge is 0.400 e. The van der Waals surface area contributed by atoms with E-state index in [-0.39, 0.29) is 23.4 Å². The molecule has 0 spiro atoms. The molecule has 0 heterocycles. The Morgan fingerprint density at radius 2 is 1.65 bits per heavy atom. The Labute approximate surface area is 205 Å². The van der Waals surface area contributed by atoms with E-state index < -0.39 is 11.8 Å². The van der Waals surface area contributed by atoms with Crippen LogP contribution in [0, 0.1) is 34.5 Å². The predicted octanol–water partition coefficient (Wildman–Crippen LogP) is 7.04. The van der Waals surface area contributed by atoms with Crippen molar-refractivity contribution in [2.24, 2.45) is 34.5 Å². The summed E-state index contributed by atoms with van der Waals surface area (Å²) in [5.41, 5.74) is -0.641. The molecule has 6 heteroatoms. The average molecular weight is 491 g/mol. The normalized spacial score (nSPS) is 40.7. The van der Waals surface area contributed by atoms with Gasteiger partial charge in [-0.3, -0.25) is 0 Å². The van der Waals surface area contributed by atoms with Crippen molar-refractivity contribution in [1.29, 1.82) is 0 Å². The molecule has 0 bridgehead atoms. The van der Waals surface area contributed by atoms with Gasteiger partial charge in [0, 0.05) is 7.11 Å². The third-order valence-corrected chi connectivity index (χ3v) is 10.1. The zero-order chi connectivity index (χ0) is 25.9. The lowest BCUT2D eigenvalue weighted by atomic mass is 9.47. The monoisotopic (exact) mass is 490 g/mol. The molecule has 0 aromatic carbocycles. The van der Waals surface area contributed by atoms with E-state index in [9.17, 15) is 23.4 Å². The van der Waals surface area contributed by atoms with Gasteiger partial charge in [0.1, 0.15) is 0 Å². The van der Waals surface area contributed by atoms with Gasteiger partial charge in [-0.1, -0.05) is 39.3 Å². The molecular weight excluding hydrogens is 441 g/mol. The van der Waals surface area contributed by atoms with Gasteiger partial charge in [0.2, 0.25) is 0 Å². The van der Waals surface area contributed by atoms with Gasteiger partial charge < -0.3 is 15.3 Å². The summed E-state index contributed by atoms with van der Waals surface area (Å²) in [7, 11) is 1.00. The summed E-state index contributed by atoms with van der Waals surface area (Å²) in [4.78, 5) is 0. The molecule has 3 N–H and O–H groups in total. The summed E-state index contributed by atoms with van der Waals surface area (Å²) in [5, 5.41) is 26.9. The molecule has 0 radical (unpaired) electrons. The molecule has 0 amide bonds. The Hall–Kier alpha value is -0.590. The highest BCUT2D eigenvalue weighted by Crippen LogP contribution is 2.66. The molecule has 3 nitrogen and oxygen atoms in total. The summed E-state index contributed by atoms with van der Waals surface area (Å²) in [5.74, 6) is 2.49. The quantitative estimate of drug-likeness (QED) is 0.370. The first-order valence-corrected chi connectivity index (χ1v) is 13.5. The maximum Gasteiger partial charge on any atom is 0.416 e. The van der Waals surface area contributed by atoms with Crippen molar-refractivity contribution >= 4 is 0 Å². The van der Waals surface area contributed by atoms with Crippen molar-refractivity contribution in [3.8, 4) is 0 Å². The Morgan fingerprint density at radius 3 is 2.26 bits per heavy atom. The van der Waals surface area contributed by atoms with Crippen molar-refractivity contribution < 1.29 is 28.5 Å². The van der Waals surface area contributed by atoms with Crippen LogP contribution in [0.4, 0.5) is 13.2 Å². The fourth-order valence-electron chi connectivity index (χ4n) is 8.06. The zero-order valence-electron chi connectivity index (χ0n) is 22.2. The van der Waals surface area contributed by atoms with Gasteiger partial charge in [0.05, 0.1) is 6.10 Å². The molecule has 4 aliphatic carbocycles. The number of alkyl halides is 3. The van der Waals surface area contributed by atoms with Crippen LogP contribution in [0.3, 0.4) is 0 Å². The van der Waals surface area contributed by atoms with E-state index in [1.165, 1.54) is 24.8 Å². The number of halogens is 3. The Balaban J connectivity index is 0.000000970. The van der Waals surface area contributed by atoms with Gasteiger partial charge in [-0.05, 0) is 112 Å². The van der Waals surface area contributed by atoms with Gasteiger partial charge in [-0.15, -0.1) is 0 Å². The van der Waals surface area contributed by atoms with Crippen LogP contribution in [-0.4, -0.2) is 40.3 Å². The lowest BCUT2D eigenvalue weighted by molar-refractivity contribution is -0.255. The van der Waals surface area contributed by atoms with Crippen LogP contribution in [-0.2, 0) is 0 Å². The third kappa shape index (κ3) is 5.39. The maximum absolute atomic E-state index is 13.0. The van der Waals surface area contributed by atoms with Gasteiger partial charge in [0.25, 0.3) is 0 Å². The molecule has 3 fully saturated rings. The molecular formula is C28H49F3O3. The molecule has 0 aromatic heterocycles. The minimum atomic E-state index is -4.55. The fraction of sp³-hybridized carbons (Fsp3) is 0.929. The van der Waals surface area contributed by atoms with E-state index in [4.69, 9.17) is 5.11 Å². The lowest BCUT2D eigenvalue weighted by Crippen LogP contribution is -2.50. The highest BCUT2D eigenvalue weighted by molar-refractivity contribution is 5.25. The highest BCUT2D eigenvalue weighted by Gasteiger charge is 2.58. The molecule has 8 atom stereocenters. The second-order valence-electron chi connectivity index (χ2n) is 11.6. The van der Waals surface area contributed by atoms with Crippen LogP contribution < -0.4 is 0 Å². The number of fused-ring (bicyclic) bond motifs is 5. The van der Waals surface area contributed by atoms with Gasteiger partial charge in [-0.25, -0.2) is 0 Å². The minimum Gasteiger partial charge on any atom is -0.400 e. The zero-order valence-corrected chi connectivity index (χ0v) is 22.2. The van der Waals surface area contributed by atoms with E-state index in [0.717, 1.165) is 52.6 Å². The average Bonchev–Trinajstić information content (AvgIpc) is 3.12. The van der Waals surface area contributed by atoms with Crippen LogP contribution in [0.15, 0.2) is 11.6 Å². The number of allylic oxidation sites excluding steroid dienone is 1. The largest absolute Gasteiger partial charge is 0.416 e. The molecule has 0 saturated heterocycles. The third-order valence-electron chi connectivity index (χ3n) is 10.1. The topological polar surface area (TPSA) is 60.7 Å². The van der Waals surface area contributed by atoms with E-state index in [2.05, 4.69) is 19.9 Å². The van der Waals surface area contributed by atoms with Crippen LogP contribution in [0.1, 0.15) is 105 Å². The van der Waals surface area contributed by atoms with Crippen LogP contribution in [0.25, 0.3) is 0 Å². The van der Waals surface area contributed by atoms with Crippen molar-refractivity contribution in [2.45, 2.75) is 123 Å². The molecule has 4 aliphatic rings. The van der Waals surface area contributed by atoms with Crippen molar-refractivity contribution in [3.05, 3.63) is 11.6 Å². The van der Waals surface area contributed by atoms with Crippen molar-refractivity contribution in [3.63, 3.8) is 0 Å². The number of rotatable bonds is 4. The predicted molar refractivity (Wildman–Crippen MR) is 131 cm³/mol. The maximum atomic E-state index is 13.0. The first kappa shape index (κ1) is 29.6. The number of aliphatic hydroxyl groups excluding tert-OH is 2. The van der Waals surface area contributed by atoms with Gasteiger partial charge >= 0.3 is 6.18 Å². The highest BCUT2D eigenvalue weighted by atomic mass is 19.4. The number of aliphatic hydroxyl groups is 3. The summed E-state index contributed by atoms with van der Waals surface area (Å²) in [6.45, 7) is 9.74. The number of hydrogen-bond donors (Lipinski definition) is 3. The molecule has 0 aromatic rings. The van der Waals surface area contributed by atoms with E-state index in [0.29, 0.717) is 30.1 Å². The number of hydrogen-bond acceptors (Lipinski definition) is 3. The molecule has 7 unspecified atom stereocenters. The standard InChI is InChI=1S/C25H39F3O2.C2H6.CH4O/c1-22-14-11-21-19(8-6-17-15-18(29)10-13-23(17,21)2)20(22)9-7-16(22)5-4-12-24(3,30)25(26,27)28;2*1-2/h6,16,18-21,29-30H,4-5,7-15H2,1-3H3;1-2H3;2H,1H3/t16?,18?,19?,20?,21?,22?,23?,24-;;/m1../s1. The molecule has 4 rings (SSSR count). The summed E-state index contributed by atoms with van der Waals surface area (Å²) < 4.78 is 39.0. The first-order valence-electron chi connectivity index (χ1n) is 13.5. The summed E-state index contributed by atoms with van der Waals surface area (Å²) in [6.07, 6.45) is 7.35. The molecule has 3 saturated carbocycles. The second-order valence-corrected chi connectivity index (χ2v) is 11.6.